The zero-order valence-corrected chi connectivity index (χ0v) is 11.9. The van der Waals surface area contributed by atoms with Crippen LogP contribution in [0.4, 0.5) is 13.2 Å². The molecule has 2 nitrogen and oxygen atoms in total. The summed E-state index contributed by atoms with van der Waals surface area (Å²) < 4.78 is 37.5. The highest BCUT2D eigenvalue weighted by molar-refractivity contribution is 5.94. The van der Waals surface area contributed by atoms with E-state index in [0.717, 1.165) is 5.56 Å². The monoisotopic (exact) mass is 287 g/mol. The van der Waals surface area contributed by atoms with Gasteiger partial charge in [0, 0.05) is 11.6 Å². The highest BCUT2D eigenvalue weighted by Crippen LogP contribution is 2.24. The van der Waals surface area contributed by atoms with Gasteiger partial charge in [-0.25, -0.2) is 0 Å². The Morgan fingerprint density at radius 2 is 1.75 bits per heavy atom. The van der Waals surface area contributed by atoms with Gasteiger partial charge in [0.25, 0.3) is 5.91 Å². The fourth-order valence-electron chi connectivity index (χ4n) is 2.02. The van der Waals surface area contributed by atoms with E-state index in [1.807, 2.05) is 20.8 Å². The summed E-state index contributed by atoms with van der Waals surface area (Å²) in [6, 6.07) is 5.87. The van der Waals surface area contributed by atoms with Crippen LogP contribution < -0.4 is 5.32 Å². The predicted molar refractivity (Wildman–Crippen MR) is 72.6 cm³/mol. The molecule has 112 valence electrons. The molecule has 0 bridgehead atoms. The first-order chi connectivity index (χ1) is 9.17. The minimum Gasteiger partial charge on any atom is -0.349 e. The molecular formula is C15H20F3NO. The molecule has 0 saturated carbocycles. The van der Waals surface area contributed by atoms with E-state index >= 15 is 0 Å². The van der Waals surface area contributed by atoms with Crippen molar-refractivity contribution < 1.29 is 18.0 Å². The van der Waals surface area contributed by atoms with E-state index < -0.39 is 24.5 Å². The maximum Gasteiger partial charge on any atom is 0.391 e. The molecule has 0 aromatic heterocycles. The zero-order valence-electron chi connectivity index (χ0n) is 11.9. The maximum atomic E-state index is 12.5. The Morgan fingerprint density at radius 1 is 1.20 bits per heavy atom. The van der Waals surface area contributed by atoms with Crippen LogP contribution in [-0.2, 0) is 0 Å². The van der Waals surface area contributed by atoms with Crippen molar-refractivity contribution in [3.8, 4) is 0 Å². The maximum absolute atomic E-state index is 12.5. The van der Waals surface area contributed by atoms with Crippen molar-refractivity contribution in [2.24, 2.45) is 5.92 Å². The molecule has 0 saturated heterocycles. The van der Waals surface area contributed by atoms with Gasteiger partial charge in [0.2, 0.25) is 0 Å². The molecule has 0 aliphatic carbocycles. The largest absolute Gasteiger partial charge is 0.391 e. The van der Waals surface area contributed by atoms with Crippen molar-refractivity contribution in [2.45, 2.75) is 45.8 Å². The van der Waals surface area contributed by atoms with Crippen LogP contribution in [0.2, 0.25) is 0 Å². The van der Waals surface area contributed by atoms with Crippen LogP contribution in [-0.4, -0.2) is 18.1 Å². The van der Waals surface area contributed by atoms with Gasteiger partial charge < -0.3 is 5.32 Å². The molecular weight excluding hydrogens is 267 g/mol. The first-order valence-corrected chi connectivity index (χ1v) is 6.61. The average Bonchev–Trinajstić information content (AvgIpc) is 2.26. The van der Waals surface area contributed by atoms with Gasteiger partial charge in [0.05, 0.1) is 6.42 Å². The molecule has 0 aliphatic rings. The third-order valence-corrected chi connectivity index (χ3v) is 2.88. The van der Waals surface area contributed by atoms with E-state index in [0.29, 0.717) is 12.0 Å². The standard InChI is InChI=1S/C15H20F3NO/c1-10(2)8-13(9-15(16,17)18)19-14(20)12-6-4-11(3)5-7-12/h4-7,10,13H,8-9H2,1-3H3,(H,19,20). The van der Waals surface area contributed by atoms with E-state index in [4.69, 9.17) is 0 Å². The molecule has 0 spiro atoms. The van der Waals surface area contributed by atoms with Crippen LogP contribution in [0, 0.1) is 12.8 Å². The number of carbonyl (C=O) groups excluding carboxylic acids is 1. The number of hydrogen-bond acceptors (Lipinski definition) is 1. The van der Waals surface area contributed by atoms with Gasteiger partial charge in [-0.1, -0.05) is 31.5 Å². The third-order valence-electron chi connectivity index (χ3n) is 2.88. The van der Waals surface area contributed by atoms with Crippen molar-refractivity contribution in [3.63, 3.8) is 0 Å². The lowest BCUT2D eigenvalue weighted by molar-refractivity contribution is -0.140. The van der Waals surface area contributed by atoms with Crippen molar-refractivity contribution in [3.05, 3.63) is 35.4 Å². The Kier molecular flexibility index (Phi) is 5.60. The molecule has 0 heterocycles. The first-order valence-electron chi connectivity index (χ1n) is 6.61. The van der Waals surface area contributed by atoms with Gasteiger partial charge in [-0.3, -0.25) is 4.79 Å². The minimum absolute atomic E-state index is 0.0840. The smallest absolute Gasteiger partial charge is 0.349 e. The van der Waals surface area contributed by atoms with E-state index in [2.05, 4.69) is 5.32 Å². The van der Waals surface area contributed by atoms with Gasteiger partial charge in [0.15, 0.2) is 0 Å². The fourth-order valence-corrected chi connectivity index (χ4v) is 2.02. The first kappa shape index (κ1) is 16.5. The number of amides is 1. The Morgan fingerprint density at radius 3 is 2.20 bits per heavy atom. The number of rotatable bonds is 5. The lowest BCUT2D eigenvalue weighted by Gasteiger charge is -2.22. The number of carbonyl (C=O) groups is 1. The van der Waals surface area contributed by atoms with E-state index in [9.17, 15) is 18.0 Å². The Hall–Kier alpha value is -1.52. The molecule has 0 radical (unpaired) electrons. The second-order valence-electron chi connectivity index (χ2n) is 5.49. The van der Waals surface area contributed by atoms with Gasteiger partial charge in [0.1, 0.15) is 0 Å². The lowest BCUT2D eigenvalue weighted by atomic mass is 10.0. The summed E-state index contributed by atoms with van der Waals surface area (Å²) in [5.41, 5.74) is 1.38. The van der Waals surface area contributed by atoms with Gasteiger partial charge in [-0.05, 0) is 31.4 Å². The lowest BCUT2D eigenvalue weighted by Crippen LogP contribution is -2.39. The Bertz CT molecular complexity index is 437. The summed E-state index contributed by atoms with van der Waals surface area (Å²) in [6.07, 6.45) is -4.97. The Labute approximate surface area is 117 Å². The third kappa shape index (κ3) is 6.08. The van der Waals surface area contributed by atoms with Gasteiger partial charge >= 0.3 is 6.18 Å². The number of nitrogens with one attached hydrogen (secondary N) is 1. The summed E-state index contributed by atoms with van der Waals surface area (Å²) in [5, 5.41) is 2.48. The minimum atomic E-state index is -4.28. The van der Waals surface area contributed by atoms with Crippen molar-refractivity contribution in [2.75, 3.05) is 0 Å². The normalized spacial score (nSPS) is 13.3. The number of alkyl halides is 3. The predicted octanol–water partition coefficient (Wildman–Crippen LogP) is 4.09. The SMILES string of the molecule is Cc1ccc(C(=O)NC(CC(C)C)CC(F)(F)F)cc1. The summed E-state index contributed by atoms with van der Waals surface area (Å²) >= 11 is 0. The summed E-state index contributed by atoms with van der Waals surface area (Å²) in [5.74, 6) is -0.374. The molecule has 0 aliphatic heterocycles. The van der Waals surface area contributed by atoms with Crippen LogP contribution >= 0.6 is 0 Å². The molecule has 1 aromatic carbocycles. The summed E-state index contributed by atoms with van der Waals surface area (Å²) in [4.78, 5) is 12.0. The summed E-state index contributed by atoms with van der Waals surface area (Å²) in [6.45, 7) is 5.55. The fraction of sp³-hybridized carbons (Fsp3) is 0.533. The van der Waals surface area contributed by atoms with E-state index in [1.54, 1.807) is 24.3 Å². The topological polar surface area (TPSA) is 29.1 Å². The summed E-state index contributed by atoms with van der Waals surface area (Å²) in [7, 11) is 0. The highest BCUT2D eigenvalue weighted by Gasteiger charge is 2.33. The van der Waals surface area contributed by atoms with Crippen LogP contribution in [0.5, 0.6) is 0 Å². The molecule has 5 heteroatoms. The zero-order chi connectivity index (χ0) is 15.3. The van der Waals surface area contributed by atoms with Crippen molar-refractivity contribution >= 4 is 5.91 Å². The van der Waals surface area contributed by atoms with Crippen LogP contribution in [0.15, 0.2) is 24.3 Å². The second-order valence-corrected chi connectivity index (χ2v) is 5.49. The van der Waals surface area contributed by atoms with Crippen molar-refractivity contribution in [1.29, 1.82) is 0 Å². The van der Waals surface area contributed by atoms with Gasteiger partial charge in [-0.15, -0.1) is 0 Å². The number of hydrogen-bond donors (Lipinski definition) is 1. The van der Waals surface area contributed by atoms with E-state index in [-0.39, 0.29) is 5.92 Å². The molecule has 20 heavy (non-hydrogen) atoms. The van der Waals surface area contributed by atoms with Crippen LogP contribution in [0.25, 0.3) is 0 Å². The Balaban J connectivity index is 2.73. The molecule has 1 rings (SSSR count). The highest BCUT2D eigenvalue weighted by atomic mass is 19.4. The molecule has 1 atom stereocenters. The second kappa shape index (κ2) is 6.77. The molecule has 0 fully saturated rings. The van der Waals surface area contributed by atoms with E-state index in [1.165, 1.54) is 0 Å². The number of benzene rings is 1. The number of halogens is 3. The van der Waals surface area contributed by atoms with Crippen molar-refractivity contribution in [1.82, 2.24) is 5.32 Å². The molecule has 1 N–H and O–H groups in total. The molecule has 1 aromatic rings. The van der Waals surface area contributed by atoms with Gasteiger partial charge in [-0.2, -0.15) is 13.2 Å². The molecule has 1 unspecified atom stereocenters. The number of aryl methyl sites for hydroxylation is 1. The average molecular weight is 287 g/mol. The quantitative estimate of drug-likeness (QED) is 0.868. The van der Waals surface area contributed by atoms with Crippen LogP contribution in [0.3, 0.4) is 0 Å². The molecule has 1 amide bonds. The van der Waals surface area contributed by atoms with Crippen LogP contribution in [0.1, 0.15) is 42.6 Å².